The molecule has 2 aromatic carbocycles. The third kappa shape index (κ3) is 3.65. The molecule has 152 valence electrons. The molecule has 1 saturated heterocycles. The van der Waals surface area contributed by atoms with Crippen molar-refractivity contribution in [3.8, 4) is 0 Å². The average molecular weight is 413 g/mol. The Bertz CT molecular complexity index is 1060. The first-order valence-corrected chi connectivity index (χ1v) is 11.1. The van der Waals surface area contributed by atoms with E-state index in [-0.39, 0.29) is 34.7 Å². The van der Waals surface area contributed by atoms with Gasteiger partial charge in [-0.1, -0.05) is 18.2 Å². The van der Waals surface area contributed by atoms with Gasteiger partial charge in [0.2, 0.25) is 15.9 Å². The maximum atomic E-state index is 13.4. The van der Waals surface area contributed by atoms with E-state index in [2.05, 4.69) is 5.32 Å². The van der Waals surface area contributed by atoms with Gasteiger partial charge in [-0.15, -0.1) is 0 Å². The normalized spacial score (nSPS) is 20.1. The molecular weight excluding hydrogens is 390 g/mol. The third-order valence-corrected chi connectivity index (χ3v) is 7.26. The summed E-state index contributed by atoms with van der Waals surface area (Å²) in [4.78, 5) is 27.3. The summed E-state index contributed by atoms with van der Waals surface area (Å²) in [6.07, 6.45) is 1.86. The van der Waals surface area contributed by atoms with Crippen LogP contribution in [0.2, 0.25) is 0 Å². The number of benzene rings is 2. The summed E-state index contributed by atoms with van der Waals surface area (Å²) in [5.41, 5.74) is 1.45. The van der Waals surface area contributed by atoms with Gasteiger partial charge >= 0.3 is 0 Å². The zero-order valence-corrected chi connectivity index (χ0v) is 17.0. The average Bonchev–Trinajstić information content (AvgIpc) is 3.21. The molecule has 0 radical (unpaired) electrons. The quantitative estimate of drug-likeness (QED) is 0.838. The highest BCUT2D eigenvalue weighted by molar-refractivity contribution is 7.89. The van der Waals surface area contributed by atoms with Crippen molar-refractivity contribution in [1.82, 2.24) is 4.31 Å². The van der Waals surface area contributed by atoms with E-state index >= 15 is 0 Å². The van der Waals surface area contributed by atoms with Gasteiger partial charge < -0.3 is 10.2 Å². The van der Waals surface area contributed by atoms with Crippen LogP contribution in [0.5, 0.6) is 0 Å². The van der Waals surface area contributed by atoms with Gasteiger partial charge in [0.25, 0.3) is 5.91 Å². The standard InChI is InChI=1S/C21H23N3O4S/c1-15-13-20(25)22-18-9-2-3-10-19(18)24(15)21(26)16-7-6-8-17(14-16)29(27,28)23-11-4-5-12-23/h2-3,6-10,14-15H,4-5,11-13H2,1H3,(H,22,25)/t15-/m1/s1. The fraction of sp³-hybridized carbons (Fsp3) is 0.333. The molecule has 0 aromatic heterocycles. The number of sulfonamides is 1. The number of hydrogen-bond acceptors (Lipinski definition) is 4. The molecule has 0 spiro atoms. The first-order chi connectivity index (χ1) is 13.9. The molecule has 0 saturated carbocycles. The fourth-order valence-corrected chi connectivity index (χ4v) is 5.47. The second-order valence-corrected chi connectivity index (χ2v) is 9.37. The first-order valence-electron chi connectivity index (χ1n) is 9.70. The molecule has 2 amide bonds. The molecule has 1 N–H and O–H groups in total. The van der Waals surface area contributed by atoms with Crippen LogP contribution in [-0.2, 0) is 14.8 Å². The van der Waals surface area contributed by atoms with Crippen molar-refractivity contribution in [2.45, 2.75) is 37.1 Å². The number of nitrogens with zero attached hydrogens (tertiary/aromatic N) is 2. The SMILES string of the molecule is C[C@@H]1CC(=O)Nc2ccccc2N1C(=O)c1cccc(S(=O)(=O)N2CCCC2)c1. The molecule has 2 aromatic rings. The zero-order valence-electron chi connectivity index (χ0n) is 16.2. The van der Waals surface area contributed by atoms with E-state index in [0.717, 1.165) is 12.8 Å². The lowest BCUT2D eigenvalue weighted by molar-refractivity contribution is -0.116. The van der Waals surface area contributed by atoms with E-state index in [1.165, 1.54) is 16.4 Å². The number of hydrogen-bond donors (Lipinski definition) is 1. The van der Waals surface area contributed by atoms with Crippen LogP contribution >= 0.6 is 0 Å². The lowest BCUT2D eigenvalue weighted by Crippen LogP contribution is -2.39. The second kappa shape index (κ2) is 7.61. The number of fused-ring (bicyclic) bond motifs is 1. The third-order valence-electron chi connectivity index (χ3n) is 5.36. The Labute approximate surface area is 170 Å². The molecule has 2 aliphatic heterocycles. The minimum absolute atomic E-state index is 0.121. The predicted molar refractivity (Wildman–Crippen MR) is 110 cm³/mol. The summed E-state index contributed by atoms with van der Waals surface area (Å²) in [6.45, 7) is 2.82. The Hall–Kier alpha value is -2.71. The number of para-hydroxylation sites is 2. The predicted octanol–water partition coefficient (Wildman–Crippen LogP) is 2.85. The Morgan fingerprint density at radius 1 is 1.07 bits per heavy atom. The van der Waals surface area contributed by atoms with Crippen LogP contribution in [0, 0.1) is 0 Å². The monoisotopic (exact) mass is 413 g/mol. The van der Waals surface area contributed by atoms with E-state index in [1.807, 2.05) is 6.92 Å². The summed E-state index contributed by atoms with van der Waals surface area (Å²) in [7, 11) is -3.62. The van der Waals surface area contributed by atoms with Gasteiger partial charge in [-0.3, -0.25) is 9.59 Å². The van der Waals surface area contributed by atoms with Crippen LogP contribution < -0.4 is 10.2 Å². The van der Waals surface area contributed by atoms with Crippen molar-refractivity contribution < 1.29 is 18.0 Å². The lowest BCUT2D eigenvalue weighted by Gasteiger charge is -2.28. The molecule has 0 unspecified atom stereocenters. The number of rotatable bonds is 3. The van der Waals surface area contributed by atoms with E-state index < -0.39 is 10.0 Å². The molecule has 0 aliphatic carbocycles. The van der Waals surface area contributed by atoms with Crippen molar-refractivity contribution in [2.24, 2.45) is 0 Å². The molecule has 8 heteroatoms. The number of nitrogens with one attached hydrogen (secondary N) is 1. The largest absolute Gasteiger partial charge is 0.324 e. The minimum atomic E-state index is -3.62. The smallest absolute Gasteiger partial charge is 0.258 e. The van der Waals surface area contributed by atoms with Gasteiger partial charge in [-0.05, 0) is 50.1 Å². The highest BCUT2D eigenvalue weighted by atomic mass is 32.2. The van der Waals surface area contributed by atoms with Gasteiger partial charge in [-0.25, -0.2) is 8.42 Å². The second-order valence-electron chi connectivity index (χ2n) is 7.43. The molecule has 2 heterocycles. The Morgan fingerprint density at radius 2 is 1.79 bits per heavy atom. The molecule has 29 heavy (non-hydrogen) atoms. The van der Waals surface area contributed by atoms with Gasteiger partial charge in [0, 0.05) is 31.1 Å². The molecule has 1 fully saturated rings. The highest BCUT2D eigenvalue weighted by Crippen LogP contribution is 2.33. The van der Waals surface area contributed by atoms with Crippen molar-refractivity contribution in [3.63, 3.8) is 0 Å². The van der Waals surface area contributed by atoms with Crippen molar-refractivity contribution in [3.05, 3.63) is 54.1 Å². The number of carbonyl (C=O) groups excluding carboxylic acids is 2. The summed E-state index contributed by atoms with van der Waals surface area (Å²) < 4.78 is 27.2. The van der Waals surface area contributed by atoms with Crippen LogP contribution in [0.15, 0.2) is 53.4 Å². The first kappa shape index (κ1) is 19.6. The number of carbonyl (C=O) groups is 2. The Kier molecular flexibility index (Phi) is 5.14. The molecule has 0 bridgehead atoms. The van der Waals surface area contributed by atoms with Crippen LogP contribution in [0.3, 0.4) is 0 Å². The van der Waals surface area contributed by atoms with Crippen LogP contribution in [-0.4, -0.2) is 43.7 Å². The molecule has 7 nitrogen and oxygen atoms in total. The maximum Gasteiger partial charge on any atom is 0.258 e. The summed E-state index contributed by atoms with van der Waals surface area (Å²) >= 11 is 0. The van der Waals surface area contributed by atoms with Gasteiger partial charge in [0.05, 0.1) is 16.3 Å². The van der Waals surface area contributed by atoms with Gasteiger partial charge in [0.15, 0.2) is 0 Å². The van der Waals surface area contributed by atoms with Crippen molar-refractivity contribution >= 4 is 33.2 Å². The Balaban J connectivity index is 1.72. The van der Waals surface area contributed by atoms with Crippen LogP contribution in [0.4, 0.5) is 11.4 Å². The summed E-state index contributed by atoms with van der Waals surface area (Å²) in [6, 6.07) is 12.9. The van der Waals surface area contributed by atoms with E-state index in [4.69, 9.17) is 0 Å². The van der Waals surface area contributed by atoms with Crippen LogP contribution in [0.25, 0.3) is 0 Å². The van der Waals surface area contributed by atoms with Crippen molar-refractivity contribution in [2.75, 3.05) is 23.3 Å². The summed E-state index contributed by atoms with van der Waals surface area (Å²) in [5.74, 6) is -0.495. The van der Waals surface area contributed by atoms with Gasteiger partial charge in [0.1, 0.15) is 0 Å². The van der Waals surface area contributed by atoms with Crippen LogP contribution in [0.1, 0.15) is 36.5 Å². The molecule has 1 atom stereocenters. The number of anilines is 2. The molecular formula is C21H23N3O4S. The van der Waals surface area contributed by atoms with E-state index in [9.17, 15) is 18.0 Å². The fourth-order valence-electron chi connectivity index (χ4n) is 3.90. The Morgan fingerprint density at radius 3 is 2.55 bits per heavy atom. The van der Waals surface area contributed by atoms with E-state index in [1.54, 1.807) is 41.3 Å². The minimum Gasteiger partial charge on any atom is -0.324 e. The zero-order chi connectivity index (χ0) is 20.6. The highest BCUT2D eigenvalue weighted by Gasteiger charge is 2.32. The van der Waals surface area contributed by atoms with Crippen molar-refractivity contribution in [1.29, 1.82) is 0 Å². The molecule has 2 aliphatic rings. The maximum absolute atomic E-state index is 13.4. The molecule has 4 rings (SSSR count). The summed E-state index contributed by atoms with van der Waals surface area (Å²) in [5, 5.41) is 2.83. The topological polar surface area (TPSA) is 86.8 Å². The number of amides is 2. The van der Waals surface area contributed by atoms with Gasteiger partial charge in [-0.2, -0.15) is 4.31 Å². The van der Waals surface area contributed by atoms with E-state index in [0.29, 0.717) is 24.5 Å². The lowest BCUT2D eigenvalue weighted by atomic mass is 10.1.